The fourth-order valence-corrected chi connectivity index (χ4v) is 6.25. The molecule has 24 heavy (non-hydrogen) atoms. The van der Waals surface area contributed by atoms with Crippen molar-refractivity contribution in [1.29, 1.82) is 0 Å². The van der Waals surface area contributed by atoms with Crippen molar-refractivity contribution in [2.24, 2.45) is 34.3 Å². The van der Waals surface area contributed by atoms with Crippen molar-refractivity contribution in [2.75, 3.05) is 0 Å². The highest BCUT2D eigenvalue weighted by Gasteiger charge is 2.61. The second-order valence-corrected chi connectivity index (χ2v) is 8.43. The standard InChI is InChI=1S/C19H23F2NO2/c1-18-6-5-11-9(10(18)3-4-14(18)23)7-12(20)15-16(22)17(24)13(21)8-19(11,15)2/h8-12H,3-7,22H2,1-2H3/t9-,10-,11-,12+,18-,19+/m0/s1. The van der Waals surface area contributed by atoms with Crippen LogP contribution in [0.15, 0.2) is 23.2 Å². The highest BCUT2D eigenvalue weighted by Crippen LogP contribution is 2.64. The van der Waals surface area contributed by atoms with Gasteiger partial charge in [-0.15, -0.1) is 0 Å². The Hall–Kier alpha value is -1.52. The maximum atomic E-state index is 15.0. The van der Waals surface area contributed by atoms with Crippen molar-refractivity contribution in [3.8, 4) is 0 Å². The zero-order chi connectivity index (χ0) is 17.4. The first kappa shape index (κ1) is 16.0. The Kier molecular flexibility index (Phi) is 3.17. The van der Waals surface area contributed by atoms with Crippen LogP contribution in [0.3, 0.4) is 0 Å². The third-order valence-corrected chi connectivity index (χ3v) is 7.47. The van der Waals surface area contributed by atoms with Gasteiger partial charge in [0.2, 0.25) is 5.78 Å². The number of fused-ring (bicyclic) bond motifs is 5. The lowest BCUT2D eigenvalue weighted by molar-refractivity contribution is -0.132. The Morgan fingerprint density at radius 1 is 1.21 bits per heavy atom. The van der Waals surface area contributed by atoms with Crippen LogP contribution in [-0.2, 0) is 9.59 Å². The Morgan fingerprint density at radius 3 is 2.62 bits per heavy atom. The van der Waals surface area contributed by atoms with E-state index in [9.17, 15) is 14.0 Å². The first-order chi connectivity index (χ1) is 11.2. The maximum absolute atomic E-state index is 15.0. The van der Waals surface area contributed by atoms with E-state index in [1.165, 1.54) is 6.08 Å². The monoisotopic (exact) mass is 335 g/mol. The molecule has 2 N–H and O–H groups in total. The van der Waals surface area contributed by atoms with Crippen molar-refractivity contribution in [1.82, 2.24) is 0 Å². The summed E-state index contributed by atoms with van der Waals surface area (Å²) in [7, 11) is 0. The lowest BCUT2D eigenvalue weighted by Crippen LogP contribution is -2.53. The van der Waals surface area contributed by atoms with Crippen molar-refractivity contribution in [3.63, 3.8) is 0 Å². The molecule has 0 aliphatic heterocycles. The molecular weight excluding hydrogens is 312 g/mol. The van der Waals surface area contributed by atoms with E-state index in [1.54, 1.807) is 0 Å². The van der Waals surface area contributed by atoms with Crippen LogP contribution in [0.4, 0.5) is 8.78 Å². The van der Waals surface area contributed by atoms with Gasteiger partial charge < -0.3 is 5.73 Å². The molecule has 3 fully saturated rings. The molecule has 0 aromatic rings. The maximum Gasteiger partial charge on any atom is 0.236 e. The summed E-state index contributed by atoms with van der Waals surface area (Å²) in [5, 5.41) is 0. The number of allylic oxidation sites excluding steroid dienone is 3. The van der Waals surface area contributed by atoms with Crippen molar-refractivity contribution in [3.05, 3.63) is 23.2 Å². The first-order valence-corrected chi connectivity index (χ1v) is 8.80. The molecule has 5 heteroatoms. The average Bonchev–Trinajstić information content (AvgIpc) is 2.80. The Morgan fingerprint density at radius 2 is 1.92 bits per heavy atom. The SMILES string of the molecule is C[C@]12C=C(F)C(=O)C(N)=C1[C@H](F)C[C@@H]1[C@@H]2CC[C@]2(C)C(=O)CC[C@@H]12. The molecule has 0 spiro atoms. The summed E-state index contributed by atoms with van der Waals surface area (Å²) in [5.74, 6) is -1.27. The summed E-state index contributed by atoms with van der Waals surface area (Å²) in [5.41, 5.74) is 4.62. The normalized spacial score (nSPS) is 47.9. The van der Waals surface area contributed by atoms with Crippen LogP contribution in [0.5, 0.6) is 0 Å². The number of carbonyl (C=O) groups is 2. The Bertz CT molecular complexity index is 712. The van der Waals surface area contributed by atoms with Crippen LogP contribution in [0, 0.1) is 28.6 Å². The van der Waals surface area contributed by atoms with Crippen LogP contribution in [0.2, 0.25) is 0 Å². The molecule has 0 bridgehead atoms. The van der Waals surface area contributed by atoms with Gasteiger partial charge in [0.05, 0.1) is 5.70 Å². The number of hydrogen-bond donors (Lipinski definition) is 1. The molecule has 6 atom stereocenters. The van der Waals surface area contributed by atoms with Crippen LogP contribution in [0.25, 0.3) is 0 Å². The Labute approximate surface area is 140 Å². The minimum atomic E-state index is -1.34. The summed E-state index contributed by atoms with van der Waals surface area (Å²) < 4.78 is 29.2. The van der Waals surface area contributed by atoms with Crippen molar-refractivity contribution in [2.45, 2.75) is 52.1 Å². The number of nitrogens with two attached hydrogens (primary N) is 1. The van der Waals surface area contributed by atoms with E-state index in [4.69, 9.17) is 5.73 Å². The van der Waals surface area contributed by atoms with Gasteiger partial charge in [-0.1, -0.05) is 13.8 Å². The number of rotatable bonds is 0. The Balaban J connectivity index is 1.82. The molecule has 0 unspecified atom stereocenters. The highest BCUT2D eigenvalue weighted by atomic mass is 19.1. The largest absolute Gasteiger partial charge is 0.395 e. The highest BCUT2D eigenvalue weighted by molar-refractivity contribution is 6.08. The second-order valence-electron chi connectivity index (χ2n) is 8.43. The quantitative estimate of drug-likeness (QED) is 0.738. The van der Waals surface area contributed by atoms with Gasteiger partial charge in [-0.25, -0.2) is 8.78 Å². The van der Waals surface area contributed by atoms with Gasteiger partial charge in [-0.2, -0.15) is 0 Å². The van der Waals surface area contributed by atoms with E-state index in [-0.39, 0.29) is 46.6 Å². The summed E-state index contributed by atoms with van der Waals surface area (Å²) in [6.45, 7) is 3.82. The van der Waals surface area contributed by atoms with Gasteiger partial charge in [-0.3, -0.25) is 9.59 Å². The van der Waals surface area contributed by atoms with Gasteiger partial charge in [0.25, 0.3) is 0 Å². The molecule has 0 aromatic heterocycles. The molecule has 0 aromatic carbocycles. The van der Waals surface area contributed by atoms with E-state index >= 15 is 4.39 Å². The predicted octanol–water partition coefficient (Wildman–Crippen LogP) is 3.40. The smallest absolute Gasteiger partial charge is 0.236 e. The molecule has 0 heterocycles. The summed E-state index contributed by atoms with van der Waals surface area (Å²) in [6, 6.07) is 0. The molecule has 3 nitrogen and oxygen atoms in total. The number of carbonyl (C=O) groups excluding carboxylic acids is 2. The summed E-state index contributed by atoms with van der Waals surface area (Å²) >= 11 is 0. The zero-order valence-corrected chi connectivity index (χ0v) is 14.1. The fraction of sp³-hybridized carbons (Fsp3) is 0.684. The molecule has 4 rings (SSSR count). The van der Waals surface area contributed by atoms with Gasteiger partial charge in [-0.05, 0) is 49.5 Å². The van der Waals surface area contributed by atoms with Crippen LogP contribution >= 0.6 is 0 Å². The molecular formula is C19H23F2NO2. The summed E-state index contributed by atoms with van der Waals surface area (Å²) in [4.78, 5) is 24.2. The van der Waals surface area contributed by atoms with Crippen molar-refractivity contribution >= 4 is 11.6 Å². The molecule has 130 valence electrons. The molecule has 4 aliphatic rings. The first-order valence-electron chi connectivity index (χ1n) is 8.80. The molecule has 0 saturated heterocycles. The lowest BCUT2D eigenvalue weighted by atomic mass is 9.48. The minimum Gasteiger partial charge on any atom is -0.395 e. The third kappa shape index (κ3) is 1.76. The number of halogens is 2. The minimum absolute atomic E-state index is 0.0286. The topological polar surface area (TPSA) is 60.2 Å². The van der Waals surface area contributed by atoms with Gasteiger partial charge in [0.15, 0.2) is 5.83 Å². The van der Waals surface area contributed by atoms with Crippen molar-refractivity contribution < 1.29 is 18.4 Å². The molecule has 4 aliphatic carbocycles. The van der Waals surface area contributed by atoms with E-state index < -0.39 is 23.2 Å². The van der Waals surface area contributed by atoms with Crippen LogP contribution < -0.4 is 5.73 Å². The van der Waals surface area contributed by atoms with E-state index in [0.29, 0.717) is 6.42 Å². The van der Waals surface area contributed by atoms with Gasteiger partial charge in [0.1, 0.15) is 12.0 Å². The number of ketones is 2. The van der Waals surface area contributed by atoms with E-state index in [1.807, 2.05) is 13.8 Å². The number of hydrogen-bond acceptors (Lipinski definition) is 3. The number of Topliss-reactive ketones (excluding diaryl/α,β-unsaturated/α-hetero) is 2. The van der Waals surface area contributed by atoms with Crippen LogP contribution in [0.1, 0.15) is 46.0 Å². The zero-order valence-electron chi connectivity index (χ0n) is 14.1. The molecule has 0 amide bonds. The molecule has 0 radical (unpaired) electrons. The fourth-order valence-electron chi connectivity index (χ4n) is 6.25. The number of alkyl halides is 1. The lowest BCUT2D eigenvalue weighted by Gasteiger charge is -2.56. The summed E-state index contributed by atoms with van der Waals surface area (Å²) in [6.07, 6.45) is 3.07. The van der Waals surface area contributed by atoms with Crippen LogP contribution in [-0.4, -0.2) is 17.7 Å². The second kappa shape index (κ2) is 4.77. The average molecular weight is 335 g/mol. The molecule has 3 saturated carbocycles. The van der Waals surface area contributed by atoms with Gasteiger partial charge >= 0.3 is 0 Å². The predicted molar refractivity (Wildman–Crippen MR) is 85.1 cm³/mol. The van der Waals surface area contributed by atoms with E-state index in [2.05, 4.69) is 0 Å². The third-order valence-electron chi connectivity index (χ3n) is 7.47. The van der Waals surface area contributed by atoms with Gasteiger partial charge in [0, 0.05) is 22.8 Å². The van der Waals surface area contributed by atoms with E-state index in [0.717, 1.165) is 19.3 Å².